The largest absolute Gasteiger partial charge is 0.506 e. The van der Waals surface area contributed by atoms with Crippen molar-refractivity contribution in [2.45, 2.75) is 25.7 Å². The highest BCUT2D eigenvalue weighted by Gasteiger charge is 2.33. The molecule has 0 saturated carbocycles. The molecule has 0 saturated heterocycles. The van der Waals surface area contributed by atoms with Crippen LogP contribution >= 0.6 is 11.6 Å². The molecule has 0 spiro atoms. The molecule has 0 aromatic heterocycles. The average Bonchev–Trinajstić information content (AvgIpc) is 2.29. The van der Waals surface area contributed by atoms with Crippen molar-refractivity contribution < 1.29 is 24.5 Å². The third-order valence-corrected chi connectivity index (χ3v) is 3.15. The van der Waals surface area contributed by atoms with Crippen LogP contribution in [0.3, 0.4) is 0 Å². The fraction of sp³-hybridized carbons (Fsp3) is 0.462. The first-order valence-corrected chi connectivity index (χ1v) is 5.98. The molecule has 0 aliphatic heterocycles. The van der Waals surface area contributed by atoms with Crippen molar-refractivity contribution in [2.75, 3.05) is 14.2 Å². The minimum atomic E-state index is -0.981. The molecular weight excluding hydrogens is 272 g/mol. The van der Waals surface area contributed by atoms with Crippen LogP contribution in [0.4, 0.5) is 0 Å². The monoisotopic (exact) mass is 288 g/mol. The normalized spacial score (nSPS) is 11.2. The van der Waals surface area contributed by atoms with Crippen molar-refractivity contribution >= 4 is 17.6 Å². The summed E-state index contributed by atoms with van der Waals surface area (Å²) in [6, 6.07) is 1.43. The molecule has 0 radical (unpaired) electrons. The molecule has 19 heavy (non-hydrogen) atoms. The number of ether oxygens (including phenoxy) is 2. The van der Waals surface area contributed by atoms with E-state index in [9.17, 15) is 9.90 Å². The average molecular weight is 289 g/mol. The number of aliphatic carboxylic acids is 1. The summed E-state index contributed by atoms with van der Waals surface area (Å²) in [6.45, 7) is 3.38. The third kappa shape index (κ3) is 3.04. The van der Waals surface area contributed by atoms with Crippen LogP contribution in [0.5, 0.6) is 17.2 Å². The fourth-order valence-corrected chi connectivity index (χ4v) is 2.24. The highest BCUT2D eigenvalue weighted by atomic mass is 35.5. The summed E-state index contributed by atoms with van der Waals surface area (Å²) in [5, 5.41) is 19.2. The number of halogens is 1. The van der Waals surface area contributed by atoms with Crippen molar-refractivity contribution in [3.8, 4) is 17.2 Å². The summed E-state index contributed by atoms with van der Waals surface area (Å²) in [4.78, 5) is 11.0. The second kappa shape index (κ2) is 5.57. The second-order valence-electron chi connectivity index (χ2n) is 4.77. The highest BCUT2D eigenvalue weighted by molar-refractivity contribution is 6.32. The van der Waals surface area contributed by atoms with Gasteiger partial charge in [-0.2, -0.15) is 0 Å². The van der Waals surface area contributed by atoms with Gasteiger partial charge in [0.2, 0.25) is 0 Å². The molecule has 0 amide bonds. The molecule has 6 heteroatoms. The van der Waals surface area contributed by atoms with Crippen LogP contribution in [0, 0.1) is 0 Å². The Labute approximate surface area is 116 Å². The molecule has 0 bridgehead atoms. The number of hydrogen-bond acceptors (Lipinski definition) is 4. The number of hydrogen-bond donors (Lipinski definition) is 2. The summed E-state index contributed by atoms with van der Waals surface area (Å²) in [7, 11) is 2.87. The van der Waals surface area contributed by atoms with Crippen LogP contribution in [-0.4, -0.2) is 30.4 Å². The Kier molecular flexibility index (Phi) is 4.52. The minimum Gasteiger partial charge on any atom is -0.506 e. The van der Waals surface area contributed by atoms with Crippen LogP contribution in [0.25, 0.3) is 0 Å². The molecule has 1 rings (SSSR count). The van der Waals surface area contributed by atoms with Crippen molar-refractivity contribution in [3.05, 3.63) is 16.7 Å². The molecule has 0 atom stereocenters. The topological polar surface area (TPSA) is 76.0 Å². The molecule has 0 heterocycles. The first-order valence-electron chi connectivity index (χ1n) is 5.60. The highest BCUT2D eigenvalue weighted by Crippen LogP contribution is 2.48. The van der Waals surface area contributed by atoms with Gasteiger partial charge in [0, 0.05) is 17.0 Å². The van der Waals surface area contributed by atoms with Crippen LogP contribution < -0.4 is 9.47 Å². The molecule has 106 valence electrons. The summed E-state index contributed by atoms with van der Waals surface area (Å²) < 4.78 is 10.4. The number of carboxylic acids is 1. The predicted octanol–water partition coefficient (Wildman–Crippen LogP) is 2.82. The SMILES string of the molecule is COc1cc(Cl)c(O)c(C(C)(C)CC(=O)O)c1OC. The van der Waals surface area contributed by atoms with E-state index in [1.807, 2.05) is 0 Å². The van der Waals surface area contributed by atoms with Gasteiger partial charge in [-0.25, -0.2) is 0 Å². The number of methoxy groups -OCH3 is 2. The van der Waals surface area contributed by atoms with Crippen LogP contribution in [0.1, 0.15) is 25.8 Å². The summed E-state index contributed by atoms with van der Waals surface area (Å²) in [6.07, 6.45) is -0.180. The van der Waals surface area contributed by atoms with Crippen molar-refractivity contribution in [2.24, 2.45) is 0 Å². The van der Waals surface area contributed by atoms with E-state index in [4.69, 9.17) is 26.2 Å². The quantitative estimate of drug-likeness (QED) is 0.871. The molecule has 0 aliphatic rings. The Hall–Kier alpha value is -1.62. The number of benzene rings is 1. The van der Waals surface area contributed by atoms with Gasteiger partial charge in [0.15, 0.2) is 11.5 Å². The van der Waals surface area contributed by atoms with Gasteiger partial charge in [-0.05, 0) is 0 Å². The zero-order valence-electron chi connectivity index (χ0n) is 11.3. The Bertz CT molecular complexity index is 496. The Morgan fingerprint density at radius 3 is 2.37 bits per heavy atom. The molecular formula is C13H17ClO5. The van der Waals surface area contributed by atoms with Gasteiger partial charge in [0.05, 0.1) is 25.7 Å². The summed E-state index contributed by atoms with van der Waals surface area (Å²) in [5.74, 6) is -0.537. The Balaban J connectivity index is 3.55. The van der Waals surface area contributed by atoms with E-state index in [2.05, 4.69) is 0 Å². The molecule has 1 aromatic rings. The molecule has 5 nitrogen and oxygen atoms in total. The van der Waals surface area contributed by atoms with Crippen molar-refractivity contribution in [3.63, 3.8) is 0 Å². The first-order chi connectivity index (χ1) is 8.74. The maximum absolute atomic E-state index is 11.0. The van der Waals surface area contributed by atoms with Gasteiger partial charge in [-0.3, -0.25) is 4.79 Å². The van der Waals surface area contributed by atoms with Gasteiger partial charge in [-0.15, -0.1) is 0 Å². The third-order valence-electron chi connectivity index (χ3n) is 2.87. The maximum atomic E-state index is 11.0. The number of phenolic OH excluding ortho intramolecular Hbond substituents is 1. The molecule has 0 aliphatic carbocycles. The van der Waals surface area contributed by atoms with E-state index in [0.29, 0.717) is 11.3 Å². The number of rotatable bonds is 5. The van der Waals surface area contributed by atoms with E-state index in [-0.39, 0.29) is 22.9 Å². The van der Waals surface area contributed by atoms with Crippen molar-refractivity contribution in [1.82, 2.24) is 0 Å². The molecule has 0 unspecified atom stereocenters. The van der Waals surface area contributed by atoms with Gasteiger partial charge in [-0.1, -0.05) is 25.4 Å². The van der Waals surface area contributed by atoms with E-state index in [1.54, 1.807) is 13.8 Å². The van der Waals surface area contributed by atoms with Gasteiger partial charge >= 0.3 is 5.97 Å². The first kappa shape index (κ1) is 15.4. The molecule has 2 N–H and O–H groups in total. The number of carboxylic acid groups (broad SMARTS) is 1. The van der Waals surface area contributed by atoms with E-state index in [1.165, 1.54) is 20.3 Å². The zero-order chi connectivity index (χ0) is 14.8. The lowest BCUT2D eigenvalue weighted by Crippen LogP contribution is -2.23. The van der Waals surface area contributed by atoms with Crippen LogP contribution in [0.2, 0.25) is 5.02 Å². The van der Waals surface area contributed by atoms with Gasteiger partial charge < -0.3 is 19.7 Å². The Morgan fingerprint density at radius 1 is 1.37 bits per heavy atom. The fourth-order valence-electron chi connectivity index (χ4n) is 2.05. The van der Waals surface area contributed by atoms with E-state index < -0.39 is 11.4 Å². The van der Waals surface area contributed by atoms with Crippen molar-refractivity contribution in [1.29, 1.82) is 0 Å². The molecule has 0 fully saturated rings. The van der Waals surface area contributed by atoms with Gasteiger partial charge in [0.25, 0.3) is 0 Å². The van der Waals surface area contributed by atoms with Crippen LogP contribution in [-0.2, 0) is 10.2 Å². The smallest absolute Gasteiger partial charge is 0.304 e. The Morgan fingerprint density at radius 2 is 1.95 bits per heavy atom. The number of carbonyl (C=O) groups is 1. The standard InChI is InChI=1S/C13H17ClO5/c1-13(2,6-9(15)16)10-11(17)7(14)5-8(18-3)12(10)19-4/h5,17H,6H2,1-4H3,(H,15,16). The molecule has 1 aromatic carbocycles. The predicted molar refractivity (Wildman–Crippen MR) is 71.5 cm³/mol. The lowest BCUT2D eigenvalue weighted by molar-refractivity contribution is -0.138. The zero-order valence-corrected chi connectivity index (χ0v) is 12.0. The number of phenols is 1. The lowest BCUT2D eigenvalue weighted by Gasteiger charge is -2.27. The second-order valence-corrected chi connectivity index (χ2v) is 5.18. The van der Waals surface area contributed by atoms with Gasteiger partial charge in [0.1, 0.15) is 5.75 Å². The van der Waals surface area contributed by atoms with Crippen LogP contribution in [0.15, 0.2) is 6.07 Å². The lowest BCUT2D eigenvalue weighted by atomic mass is 9.80. The summed E-state index contributed by atoms with van der Waals surface area (Å²) >= 11 is 5.94. The van der Waals surface area contributed by atoms with E-state index >= 15 is 0 Å². The minimum absolute atomic E-state index is 0.0890. The maximum Gasteiger partial charge on any atom is 0.304 e. The number of aromatic hydroxyl groups is 1. The van der Waals surface area contributed by atoms with E-state index in [0.717, 1.165) is 0 Å². The summed E-state index contributed by atoms with van der Waals surface area (Å²) in [5.41, 5.74) is -0.541.